The maximum absolute atomic E-state index is 5.35. The van der Waals surface area contributed by atoms with Crippen molar-refractivity contribution in [1.29, 1.82) is 0 Å². The predicted molar refractivity (Wildman–Crippen MR) is 68.2 cm³/mol. The Hall–Kier alpha value is -1.06. The van der Waals surface area contributed by atoms with Crippen LogP contribution in [0.4, 0.5) is 0 Å². The third-order valence-electron chi connectivity index (χ3n) is 3.24. The van der Waals surface area contributed by atoms with Crippen molar-refractivity contribution in [3.8, 4) is 5.75 Å². The van der Waals surface area contributed by atoms with Crippen LogP contribution in [0.5, 0.6) is 5.75 Å². The molecule has 1 aliphatic heterocycles. The monoisotopic (exact) mass is 235 g/mol. The first kappa shape index (κ1) is 12.4. The molecule has 0 amide bonds. The summed E-state index contributed by atoms with van der Waals surface area (Å²) in [4.78, 5) is 0. The molecule has 3 nitrogen and oxygen atoms in total. The molecular formula is C14H21NO2. The highest BCUT2D eigenvalue weighted by Gasteiger charge is 2.12. The Kier molecular flexibility index (Phi) is 4.83. The van der Waals surface area contributed by atoms with E-state index in [1.165, 1.54) is 18.4 Å². The Morgan fingerprint density at radius 3 is 2.94 bits per heavy atom. The van der Waals surface area contributed by atoms with E-state index >= 15 is 0 Å². The highest BCUT2D eigenvalue weighted by Crippen LogP contribution is 2.15. The number of benzene rings is 1. The van der Waals surface area contributed by atoms with Gasteiger partial charge in [-0.3, -0.25) is 0 Å². The van der Waals surface area contributed by atoms with Crippen LogP contribution in [-0.4, -0.2) is 26.9 Å². The SMILES string of the molecule is COc1cccc(CNCC2CCOCC2)c1. The summed E-state index contributed by atoms with van der Waals surface area (Å²) >= 11 is 0. The van der Waals surface area contributed by atoms with Gasteiger partial charge in [-0.1, -0.05) is 12.1 Å². The first-order valence-electron chi connectivity index (χ1n) is 6.30. The van der Waals surface area contributed by atoms with Crippen LogP contribution in [0.25, 0.3) is 0 Å². The number of nitrogens with one attached hydrogen (secondary N) is 1. The first-order valence-corrected chi connectivity index (χ1v) is 6.30. The number of methoxy groups -OCH3 is 1. The van der Waals surface area contributed by atoms with Gasteiger partial charge >= 0.3 is 0 Å². The summed E-state index contributed by atoms with van der Waals surface area (Å²) < 4.78 is 10.6. The van der Waals surface area contributed by atoms with Crippen molar-refractivity contribution in [3.05, 3.63) is 29.8 Å². The molecule has 1 N–H and O–H groups in total. The Balaban J connectivity index is 1.73. The summed E-state index contributed by atoms with van der Waals surface area (Å²) in [5.74, 6) is 1.70. The molecule has 1 aromatic rings. The molecule has 0 aromatic heterocycles. The maximum Gasteiger partial charge on any atom is 0.119 e. The zero-order chi connectivity index (χ0) is 11.9. The Bertz CT molecular complexity index is 335. The predicted octanol–water partition coefficient (Wildman–Crippen LogP) is 2.21. The van der Waals surface area contributed by atoms with Gasteiger partial charge in [0.05, 0.1) is 7.11 Å². The molecule has 0 spiro atoms. The minimum absolute atomic E-state index is 0.773. The Morgan fingerprint density at radius 2 is 2.18 bits per heavy atom. The van der Waals surface area contributed by atoms with Gasteiger partial charge in [0.2, 0.25) is 0 Å². The Labute approximate surface area is 103 Å². The highest BCUT2D eigenvalue weighted by molar-refractivity contribution is 5.28. The molecule has 0 radical (unpaired) electrons. The quantitative estimate of drug-likeness (QED) is 0.848. The molecule has 0 unspecified atom stereocenters. The zero-order valence-corrected chi connectivity index (χ0v) is 10.4. The lowest BCUT2D eigenvalue weighted by Crippen LogP contribution is -2.27. The summed E-state index contributed by atoms with van der Waals surface area (Å²) in [6, 6.07) is 8.21. The summed E-state index contributed by atoms with van der Waals surface area (Å²) in [6.45, 7) is 3.84. The second kappa shape index (κ2) is 6.62. The van der Waals surface area contributed by atoms with E-state index in [-0.39, 0.29) is 0 Å². The van der Waals surface area contributed by atoms with Gasteiger partial charge in [0.15, 0.2) is 0 Å². The van der Waals surface area contributed by atoms with Gasteiger partial charge < -0.3 is 14.8 Å². The van der Waals surface area contributed by atoms with Crippen molar-refractivity contribution in [1.82, 2.24) is 5.32 Å². The summed E-state index contributed by atoms with van der Waals surface area (Å²) in [6.07, 6.45) is 2.37. The third-order valence-corrected chi connectivity index (χ3v) is 3.24. The molecule has 0 bridgehead atoms. The molecule has 1 fully saturated rings. The van der Waals surface area contributed by atoms with E-state index in [0.29, 0.717) is 0 Å². The summed E-state index contributed by atoms with van der Waals surface area (Å²) in [5, 5.41) is 3.51. The summed E-state index contributed by atoms with van der Waals surface area (Å²) in [5.41, 5.74) is 1.27. The molecule has 1 saturated heterocycles. The molecule has 0 atom stereocenters. The molecule has 0 aliphatic carbocycles. The first-order chi connectivity index (χ1) is 8.38. The van der Waals surface area contributed by atoms with Crippen LogP contribution in [0.15, 0.2) is 24.3 Å². The van der Waals surface area contributed by atoms with Gasteiger partial charge in [-0.25, -0.2) is 0 Å². The average Bonchev–Trinajstić information content (AvgIpc) is 2.40. The molecule has 1 aliphatic rings. The van der Waals surface area contributed by atoms with Gasteiger partial charge in [0, 0.05) is 19.8 Å². The highest BCUT2D eigenvalue weighted by atomic mass is 16.5. The van der Waals surface area contributed by atoms with Crippen LogP contribution in [0.3, 0.4) is 0 Å². The van der Waals surface area contributed by atoms with E-state index in [4.69, 9.17) is 9.47 Å². The molecule has 1 heterocycles. The van der Waals surface area contributed by atoms with E-state index in [1.807, 2.05) is 12.1 Å². The number of ether oxygens (including phenoxy) is 2. The molecule has 17 heavy (non-hydrogen) atoms. The van der Waals surface area contributed by atoms with Crippen LogP contribution in [0.1, 0.15) is 18.4 Å². The number of rotatable bonds is 5. The maximum atomic E-state index is 5.35. The van der Waals surface area contributed by atoms with Gasteiger partial charge in [-0.2, -0.15) is 0 Å². The number of hydrogen-bond donors (Lipinski definition) is 1. The number of hydrogen-bond acceptors (Lipinski definition) is 3. The molecular weight excluding hydrogens is 214 g/mol. The van der Waals surface area contributed by atoms with Crippen molar-refractivity contribution in [2.24, 2.45) is 5.92 Å². The second-order valence-corrected chi connectivity index (χ2v) is 4.54. The fraction of sp³-hybridized carbons (Fsp3) is 0.571. The van der Waals surface area contributed by atoms with Crippen molar-refractivity contribution < 1.29 is 9.47 Å². The van der Waals surface area contributed by atoms with Gasteiger partial charge in [-0.15, -0.1) is 0 Å². The minimum Gasteiger partial charge on any atom is -0.497 e. The Morgan fingerprint density at radius 1 is 1.35 bits per heavy atom. The van der Waals surface area contributed by atoms with Crippen molar-refractivity contribution >= 4 is 0 Å². The fourth-order valence-corrected chi connectivity index (χ4v) is 2.15. The molecule has 2 rings (SSSR count). The van der Waals surface area contributed by atoms with E-state index in [1.54, 1.807) is 7.11 Å². The molecule has 3 heteroatoms. The lowest BCUT2D eigenvalue weighted by molar-refractivity contribution is 0.0662. The molecule has 1 aromatic carbocycles. The van der Waals surface area contributed by atoms with E-state index in [0.717, 1.165) is 38.0 Å². The van der Waals surface area contributed by atoms with Gasteiger partial charge in [-0.05, 0) is 43.0 Å². The minimum atomic E-state index is 0.773. The standard InChI is InChI=1S/C14H21NO2/c1-16-14-4-2-3-13(9-14)11-15-10-12-5-7-17-8-6-12/h2-4,9,12,15H,5-8,10-11H2,1H3. The molecule has 94 valence electrons. The van der Waals surface area contributed by atoms with Crippen LogP contribution >= 0.6 is 0 Å². The van der Waals surface area contributed by atoms with Crippen LogP contribution in [0, 0.1) is 5.92 Å². The van der Waals surface area contributed by atoms with E-state index in [9.17, 15) is 0 Å². The summed E-state index contributed by atoms with van der Waals surface area (Å²) in [7, 11) is 1.70. The largest absolute Gasteiger partial charge is 0.497 e. The van der Waals surface area contributed by atoms with Crippen molar-refractivity contribution in [3.63, 3.8) is 0 Å². The third kappa shape index (κ3) is 4.02. The lowest BCUT2D eigenvalue weighted by atomic mass is 10.0. The van der Waals surface area contributed by atoms with E-state index in [2.05, 4.69) is 17.4 Å². The smallest absolute Gasteiger partial charge is 0.119 e. The van der Waals surface area contributed by atoms with Crippen LogP contribution in [-0.2, 0) is 11.3 Å². The van der Waals surface area contributed by atoms with Crippen LogP contribution in [0.2, 0.25) is 0 Å². The van der Waals surface area contributed by atoms with E-state index < -0.39 is 0 Å². The normalized spacial score (nSPS) is 17.0. The zero-order valence-electron chi connectivity index (χ0n) is 10.4. The van der Waals surface area contributed by atoms with Crippen LogP contribution < -0.4 is 10.1 Å². The van der Waals surface area contributed by atoms with Gasteiger partial charge in [0.25, 0.3) is 0 Å². The average molecular weight is 235 g/mol. The van der Waals surface area contributed by atoms with Crippen molar-refractivity contribution in [2.75, 3.05) is 26.9 Å². The second-order valence-electron chi connectivity index (χ2n) is 4.54. The van der Waals surface area contributed by atoms with Gasteiger partial charge in [0.1, 0.15) is 5.75 Å². The fourth-order valence-electron chi connectivity index (χ4n) is 2.15. The topological polar surface area (TPSA) is 30.5 Å². The molecule has 0 saturated carbocycles. The van der Waals surface area contributed by atoms with Crippen molar-refractivity contribution in [2.45, 2.75) is 19.4 Å². The lowest BCUT2D eigenvalue weighted by Gasteiger charge is -2.22.